The van der Waals surface area contributed by atoms with Gasteiger partial charge >= 0.3 is 0 Å². The minimum atomic E-state index is 0.0375. The van der Waals surface area contributed by atoms with Crippen LogP contribution in [0.4, 0.5) is 0 Å². The van der Waals surface area contributed by atoms with Gasteiger partial charge in [-0.2, -0.15) is 0 Å². The van der Waals surface area contributed by atoms with Gasteiger partial charge < -0.3 is 13.9 Å². The maximum atomic E-state index is 9.61. The summed E-state index contributed by atoms with van der Waals surface area (Å²) in [6, 6.07) is 39.6. The standard InChI is InChI=1S/C36H34N4O/c1-25(28-13-7-4-8-14-28)26(2)40-24-38-36-33(35(40)37)32(29-15-9-5-10-16-29)34(30-17-11-6-12-18-30)39(36)23-27-19-21-31(41-3)22-20-27/h4-22,24-26,37H,23H2,1-3H3/t25-,26-/m1/s1. The third-order valence-electron chi connectivity index (χ3n) is 8.13. The molecular weight excluding hydrogens is 504 g/mol. The van der Waals surface area contributed by atoms with Gasteiger partial charge in [-0.05, 0) is 41.3 Å². The molecule has 0 saturated carbocycles. The molecule has 0 radical (unpaired) electrons. The van der Waals surface area contributed by atoms with Crippen molar-refractivity contribution in [2.45, 2.75) is 32.4 Å². The van der Waals surface area contributed by atoms with Crippen molar-refractivity contribution in [3.8, 4) is 28.1 Å². The zero-order chi connectivity index (χ0) is 28.3. The number of ether oxygens (including phenoxy) is 1. The summed E-state index contributed by atoms with van der Waals surface area (Å²) in [5.74, 6) is 1.04. The Bertz CT molecular complexity index is 1820. The maximum Gasteiger partial charge on any atom is 0.146 e. The summed E-state index contributed by atoms with van der Waals surface area (Å²) >= 11 is 0. The van der Waals surface area contributed by atoms with E-state index in [9.17, 15) is 5.41 Å². The van der Waals surface area contributed by atoms with E-state index >= 15 is 0 Å². The van der Waals surface area contributed by atoms with Gasteiger partial charge in [0, 0.05) is 24.1 Å². The lowest BCUT2D eigenvalue weighted by atomic mass is 9.94. The molecular formula is C36H34N4O. The summed E-state index contributed by atoms with van der Waals surface area (Å²) in [5, 5.41) is 10.5. The Morgan fingerprint density at radius 2 is 1.34 bits per heavy atom. The quantitative estimate of drug-likeness (QED) is 0.213. The minimum Gasteiger partial charge on any atom is -0.497 e. The smallest absolute Gasteiger partial charge is 0.146 e. The first-order valence-electron chi connectivity index (χ1n) is 14.0. The highest BCUT2D eigenvalue weighted by atomic mass is 16.5. The topological polar surface area (TPSA) is 55.8 Å². The molecule has 4 aromatic carbocycles. The lowest BCUT2D eigenvalue weighted by Crippen LogP contribution is -2.27. The molecule has 2 heterocycles. The Hall–Kier alpha value is -4.90. The van der Waals surface area contributed by atoms with Crippen molar-refractivity contribution in [2.75, 3.05) is 7.11 Å². The van der Waals surface area contributed by atoms with Gasteiger partial charge in [0.05, 0.1) is 24.5 Å². The molecule has 41 heavy (non-hydrogen) atoms. The van der Waals surface area contributed by atoms with E-state index in [1.165, 1.54) is 5.56 Å². The molecule has 0 bridgehead atoms. The molecule has 6 rings (SSSR count). The maximum absolute atomic E-state index is 9.61. The fourth-order valence-electron chi connectivity index (χ4n) is 5.70. The second kappa shape index (κ2) is 11.3. The van der Waals surface area contributed by atoms with Crippen LogP contribution in [0.2, 0.25) is 0 Å². The summed E-state index contributed by atoms with van der Waals surface area (Å²) < 4.78 is 9.69. The van der Waals surface area contributed by atoms with Crippen LogP contribution in [0, 0.1) is 5.41 Å². The number of fused-ring (bicyclic) bond motifs is 1. The van der Waals surface area contributed by atoms with Crippen molar-refractivity contribution >= 4 is 11.0 Å². The molecule has 2 atom stereocenters. The van der Waals surface area contributed by atoms with Gasteiger partial charge in [0.1, 0.15) is 16.9 Å². The second-order valence-electron chi connectivity index (χ2n) is 10.5. The van der Waals surface area contributed by atoms with Crippen LogP contribution in [0.15, 0.2) is 122 Å². The highest BCUT2D eigenvalue weighted by molar-refractivity contribution is 6.02. The molecule has 1 N–H and O–H groups in total. The van der Waals surface area contributed by atoms with Gasteiger partial charge in [0.15, 0.2) is 0 Å². The largest absolute Gasteiger partial charge is 0.497 e. The first kappa shape index (κ1) is 26.3. The predicted molar refractivity (Wildman–Crippen MR) is 166 cm³/mol. The molecule has 0 spiro atoms. The van der Waals surface area contributed by atoms with Crippen molar-refractivity contribution in [3.05, 3.63) is 138 Å². The Labute approximate surface area is 240 Å². The van der Waals surface area contributed by atoms with Gasteiger partial charge in [0.2, 0.25) is 0 Å². The van der Waals surface area contributed by atoms with Crippen LogP contribution in [-0.2, 0) is 6.54 Å². The van der Waals surface area contributed by atoms with Gasteiger partial charge in [-0.25, -0.2) is 4.98 Å². The number of methoxy groups -OCH3 is 1. The van der Waals surface area contributed by atoms with Crippen molar-refractivity contribution in [3.63, 3.8) is 0 Å². The molecule has 0 saturated heterocycles. The summed E-state index contributed by atoms with van der Waals surface area (Å²) in [5.41, 5.74) is 7.91. The number of benzene rings is 4. The van der Waals surface area contributed by atoms with E-state index in [0.717, 1.165) is 44.7 Å². The summed E-state index contributed by atoms with van der Waals surface area (Å²) in [6.45, 7) is 5.01. The van der Waals surface area contributed by atoms with Crippen molar-refractivity contribution in [1.82, 2.24) is 14.1 Å². The molecule has 0 aliphatic carbocycles. The zero-order valence-electron chi connectivity index (χ0n) is 23.7. The lowest BCUT2D eigenvalue weighted by molar-refractivity contribution is 0.414. The van der Waals surface area contributed by atoms with Crippen LogP contribution in [0.3, 0.4) is 0 Å². The van der Waals surface area contributed by atoms with Crippen molar-refractivity contribution in [1.29, 1.82) is 5.41 Å². The van der Waals surface area contributed by atoms with E-state index < -0.39 is 0 Å². The molecule has 0 aliphatic rings. The van der Waals surface area contributed by atoms with Crippen LogP contribution >= 0.6 is 0 Å². The van der Waals surface area contributed by atoms with E-state index in [-0.39, 0.29) is 12.0 Å². The fraction of sp³-hybridized carbons (Fsp3) is 0.167. The first-order valence-corrected chi connectivity index (χ1v) is 14.0. The number of hydrogen-bond donors (Lipinski definition) is 1. The Morgan fingerprint density at radius 3 is 1.95 bits per heavy atom. The Kier molecular flexibility index (Phi) is 7.26. The van der Waals surface area contributed by atoms with Gasteiger partial charge in [-0.15, -0.1) is 0 Å². The van der Waals surface area contributed by atoms with E-state index in [4.69, 9.17) is 9.72 Å². The average molecular weight is 539 g/mol. The zero-order valence-corrected chi connectivity index (χ0v) is 23.7. The number of hydrogen-bond acceptors (Lipinski definition) is 3. The third kappa shape index (κ3) is 4.95. The monoisotopic (exact) mass is 538 g/mol. The third-order valence-corrected chi connectivity index (χ3v) is 8.13. The molecule has 5 nitrogen and oxygen atoms in total. The van der Waals surface area contributed by atoms with Gasteiger partial charge in [0.25, 0.3) is 0 Å². The van der Waals surface area contributed by atoms with Gasteiger partial charge in [-0.3, -0.25) is 5.41 Å². The highest BCUT2D eigenvalue weighted by Crippen LogP contribution is 2.40. The molecule has 0 aliphatic heterocycles. The highest BCUT2D eigenvalue weighted by Gasteiger charge is 2.25. The molecule has 0 unspecified atom stereocenters. The molecule has 5 heteroatoms. The molecule has 0 fully saturated rings. The Morgan fingerprint density at radius 1 is 0.756 bits per heavy atom. The van der Waals surface area contributed by atoms with Crippen LogP contribution in [0.25, 0.3) is 33.4 Å². The van der Waals surface area contributed by atoms with Crippen LogP contribution in [0.1, 0.15) is 36.9 Å². The van der Waals surface area contributed by atoms with E-state index in [1.807, 2.05) is 41.2 Å². The molecule has 6 aromatic rings. The van der Waals surface area contributed by atoms with Crippen LogP contribution < -0.4 is 10.2 Å². The first-order chi connectivity index (χ1) is 20.1. The van der Waals surface area contributed by atoms with E-state index in [0.29, 0.717) is 12.0 Å². The molecule has 2 aromatic heterocycles. The average Bonchev–Trinajstić information content (AvgIpc) is 3.36. The van der Waals surface area contributed by atoms with Crippen molar-refractivity contribution < 1.29 is 4.74 Å². The second-order valence-corrected chi connectivity index (χ2v) is 10.5. The summed E-state index contributed by atoms with van der Waals surface area (Å²) in [4.78, 5) is 5.08. The van der Waals surface area contributed by atoms with Crippen LogP contribution in [-0.4, -0.2) is 21.2 Å². The molecule has 204 valence electrons. The van der Waals surface area contributed by atoms with Crippen LogP contribution in [0.5, 0.6) is 5.75 Å². The van der Waals surface area contributed by atoms with Gasteiger partial charge in [-0.1, -0.05) is 110 Å². The molecule has 0 amide bonds. The SMILES string of the molecule is COc1ccc(Cn2c(-c3ccccc3)c(-c3ccccc3)c3c(=N)n([C@H](C)[C@@H](C)c4ccccc4)cnc32)cc1. The number of nitrogens with one attached hydrogen (secondary N) is 1. The van der Waals surface area contributed by atoms with E-state index in [2.05, 4.69) is 103 Å². The predicted octanol–water partition coefficient (Wildman–Crippen LogP) is 8.07. The van der Waals surface area contributed by atoms with Crippen molar-refractivity contribution in [2.24, 2.45) is 0 Å². The summed E-state index contributed by atoms with van der Waals surface area (Å²) in [7, 11) is 1.68. The lowest BCUT2D eigenvalue weighted by Gasteiger charge is -2.23. The fourth-order valence-corrected chi connectivity index (χ4v) is 5.70. The number of aromatic nitrogens is 3. The number of nitrogens with zero attached hydrogens (tertiary/aromatic N) is 3. The number of rotatable bonds is 8. The Balaban J connectivity index is 1.62. The minimum absolute atomic E-state index is 0.0375. The summed E-state index contributed by atoms with van der Waals surface area (Å²) in [6.07, 6.45) is 1.85. The van der Waals surface area contributed by atoms with E-state index in [1.54, 1.807) is 7.11 Å². The normalized spacial score (nSPS) is 12.8.